The molecular weight excluding hydrogens is 376 g/mol. The fourth-order valence-corrected chi connectivity index (χ4v) is 3.30. The summed E-state index contributed by atoms with van der Waals surface area (Å²) in [5.41, 5.74) is 4.96. The van der Waals surface area contributed by atoms with Crippen molar-refractivity contribution in [3.05, 3.63) is 123 Å². The Kier molecular flexibility index (Phi) is 5.26. The van der Waals surface area contributed by atoms with Gasteiger partial charge in [0, 0.05) is 11.3 Å². The molecule has 30 heavy (non-hydrogen) atoms. The van der Waals surface area contributed by atoms with Gasteiger partial charge in [-0.1, -0.05) is 77.9 Å². The number of anilines is 1. The zero-order valence-electron chi connectivity index (χ0n) is 16.8. The van der Waals surface area contributed by atoms with Crippen molar-refractivity contribution in [2.45, 2.75) is 13.8 Å². The number of benzene rings is 3. The van der Waals surface area contributed by atoms with Gasteiger partial charge in [-0.05, 0) is 31.5 Å². The van der Waals surface area contributed by atoms with E-state index in [1.807, 2.05) is 92.7 Å². The number of nitrogens with zero attached hydrogens (tertiary/aromatic N) is 1. The molecule has 150 valence electrons. The molecule has 3 aromatic rings. The summed E-state index contributed by atoms with van der Waals surface area (Å²) in [5.74, 6) is 0.654. The first kappa shape index (κ1) is 19.3. The molecule has 5 heteroatoms. The molecule has 0 amide bonds. The Morgan fingerprint density at radius 3 is 1.90 bits per heavy atom. The average Bonchev–Trinajstić information content (AvgIpc) is 3.14. The molecule has 0 spiro atoms. The molecule has 0 unspecified atom stereocenters. The topological polar surface area (TPSA) is 70.4 Å². The van der Waals surface area contributed by atoms with Crippen LogP contribution in [0.3, 0.4) is 0 Å². The van der Waals surface area contributed by atoms with Gasteiger partial charge in [0.15, 0.2) is 0 Å². The third kappa shape index (κ3) is 3.91. The van der Waals surface area contributed by atoms with E-state index in [1.165, 1.54) is 0 Å². The van der Waals surface area contributed by atoms with E-state index < -0.39 is 0 Å². The third-order valence-electron chi connectivity index (χ3n) is 4.89. The van der Waals surface area contributed by atoms with Crippen molar-refractivity contribution in [2.24, 2.45) is 0 Å². The molecule has 1 heterocycles. The van der Waals surface area contributed by atoms with Crippen LogP contribution in [0, 0.1) is 24.3 Å². The predicted octanol–water partition coefficient (Wildman–Crippen LogP) is 5.60. The average molecular weight is 397 g/mol. The fourth-order valence-electron chi connectivity index (χ4n) is 3.30. The van der Waals surface area contributed by atoms with Crippen LogP contribution in [0.2, 0.25) is 0 Å². The highest BCUT2D eigenvalue weighted by atomic mass is 16.8. The molecule has 0 atom stereocenters. The highest BCUT2D eigenvalue weighted by molar-refractivity contribution is 6.36. The summed E-state index contributed by atoms with van der Waals surface area (Å²) in [6.07, 6.45) is 1.54. The van der Waals surface area contributed by atoms with Gasteiger partial charge < -0.3 is 20.5 Å². The smallest absolute Gasteiger partial charge is 0.278 e. The minimum Gasteiger partial charge on any atom is -0.612 e. The summed E-state index contributed by atoms with van der Waals surface area (Å²) < 4.78 is 6.08. The van der Waals surface area contributed by atoms with Gasteiger partial charge in [-0.2, -0.15) is 4.90 Å². The molecule has 4 rings (SSSR count). The lowest BCUT2D eigenvalue weighted by Crippen LogP contribution is -2.13. The Morgan fingerprint density at radius 1 is 0.767 bits per heavy atom. The highest BCUT2D eigenvalue weighted by Gasteiger charge is 2.36. The van der Waals surface area contributed by atoms with Crippen LogP contribution in [0.5, 0.6) is 0 Å². The standard InChI is InChI=1S/C25H21N2O3/c1-17-8-12-19(13-9-17)23-24(27(28)29)22(16-26-21-6-4-3-5-7-21)30-25(23)20-14-10-18(2)11-15-20/h3-16,26H,1-2H3/q-1. The highest BCUT2D eigenvalue weighted by Crippen LogP contribution is 2.39. The second kappa shape index (κ2) is 8.17. The predicted molar refractivity (Wildman–Crippen MR) is 120 cm³/mol. The molecule has 0 saturated heterocycles. The summed E-state index contributed by atoms with van der Waals surface area (Å²) >= 11 is 0. The van der Waals surface area contributed by atoms with E-state index in [0.29, 0.717) is 11.3 Å². The lowest BCUT2D eigenvalue weighted by molar-refractivity contribution is -0.377. The normalized spacial score (nSPS) is 14.7. The number of para-hydroxylation sites is 1. The van der Waals surface area contributed by atoms with Crippen LogP contribution in [-0.4, -0.2) is 10.6 Å². The Bertz CT molecular complexity index is 1140. The van der Waals surface area contributed by atoms with Gasteiger partial charge in [0.05, 0.1) is 6.20 Å². The fraction of sp³-hybridized carbons (Fsp3) is 0.0800. The van der Waals surface area contributed by atoms with Crippen molar-refractivity contribution in [3.8, 4) is 0 Å². The van der Waals surface area contributed by atoms with Crippen molar-refractivity contribution in [2.75, 3.05) is 5.32 Å². The Hall–Kier alpha value is -3.99. The van der Waals surface area contributed by atoms with Crippen LogP contribution < -0.4 is 5.32 Å². The Balaban J connectivity index is 1.84. The van der Waals surface area contributed by atoms with E-state index in [9.17, 15) is 10.4 Å². The van der Waals surface area contributed by atoms with Crippen molar-refractivity contribution >= 4 is 22.7 Å². The van der Waals surface area contributed by atoms with Crippen molar-refractivity contribution < 1.29 is 9.64 Å². The van der Waals surface area contributed by atoms with E-state index in [-0.39, 0.29) is 16.4 Å². The number of aryl methyl sites for hydroxylation is 2. The van der Waals surface area contributed by atoms with Crippen LogP contribution >= 0.6 is 0 Å². The maximum Gasteiger partial charge on any atom is 0.278 e. The summed E-state index contributed by atoms with van der Waals surface area (Å²) in [5, 5.41) is 27.3. The van der Waals surface area contributed by atoms with E-state index in [0.717, 1.165) is 27.9 Å². The number of allylic oxidation sites excluding steroid dienone is 1. The SMILES string of the molecule is Cc1ccc(C2=C(c3ccc(C)cc3)C(=[N+]([O-])[O-])C(=CNc3ccccc3)O2)cc1. The summed E-state index contributed by atoms with van der Waals surface area (Å²) in [4.78, 5) is -0.380. The number of hydrogen-bond acceptors (Lipinski definition) is 4. The molecule has 0 bridgehead atoms. The summed E-state index contributed by atoms with van der Waals surface area (Å²) in [6.45, 7) is 3.98. The molecule has 3 aromatic carbocycles. The van der Waals surface area contributed by atoms with Crippen molar-refractivity contribution in [1.82, 2.24) is 0 Å². The quantitative estimate of drug-likeness (QED) is 0.459. The number of nitrogens with one attached hydrogen (secondary N) is 1. The zero-order valence-corrected chi connectivity index (χ0v) is 16.8. The number of ether oxygens (including phenoxy) is 1. The van der Waals surface area contributed by atoms with Gasteiger partial charge in [-0.15, -0.1) is 0 Å². The van der Waals surface area contributed by atoms with Gasteiger partial charge in [-0.25, -0.2) is 0 Å². The second-order valence-corrected chi connectivity index (χ2v) is 7.16. The molecule has 0 aromatic heterocycles. The van der Waals surface area contributed by atoms with E-state index in [1.54, 1.807) is 6.20 Å². The van der Waals surface area contributed by atoms with Gasteiger partial charge in [0.2, 0.25) is 5.76 Å². The minimum absolute atomic E-state index is 0.0575. The third-order valence-corrected chi connectivity index (χ3v) is 4.89. The van der Waals surface area contributed by atoms with Crippen LogP contribution in [0.25, 0.3) is 11.3 Å². The minimum atomic E-state index is -0.380. The van der Waals surface area contributed by atoms with Gasteiger partial charge in [-0.3, -0.25) is 0 Å². The van der Waals surface area contributed by atoms with E-state index in [2.05, 4.69) is 5.32 Å². The van der Waals surface area contributed by atoms with Crippen molar-refractivity contribution in [3.63, 3.8) is 0 Å². The zero-order chi connectivity index (χ0) is 21.1. The van der Waals surface area contributed by atoms with Gasteiger partial charge >= 0.3 is 0 Å². The maximum absolute atomic E-state index is 12.1. The molecule has 0 radical (unpaired) electrons. The molecular formula is C25H21N2O3-. The molecule has 1 aliphatic heterocycles. The van der Waals surface area contributed by atoms with Crippen LogP contribution in [0.4, 0.5) is 5.69 Å². The maximum atomic E-state index is 12.1. The lowest BCUT2D eigenvalue weighted by Gasteiger charge is -2.10. The number of hydrogen-bond donors (Lipinski definition) is 1. The molecule has 1 aliphatic rings. The van der Waals surface area contributed by atoms with Crippen molar-refractivity contribution in [1.29, 1.82) is 0 Å². The molecule has 0 fully saturated rings. The first-order chi connectivity index (χ1) is 14.5. The van der Waals surface area contributed by atoms with E-state index in [4.69, 9.17) is 4.74 Å². The molecule has 0 saturated carbocycles. The first-order valence-electron chi connectivity index (χ1n) is 9.63. The Morgan fingerprint density at radius 2 is 1.33 bits per heavy atom. The molecule has 5 nitrogen and oxygen atoms in total. The monoisotopic (exact) mass is 397 g/mol. The lowest BCUT2D eigenvalue weighted by atomic mass is 9.97. The van der Waals surface area contributed by atoms with Crippen LogP contribution in [-0.2, 0) is 4.74 Å². The van der Waals surface area contributed by atoms with E-state index >= 15 is 0 Å². The molecule has 0 aliphatic carbocycles. The first-order valence-corrected chi connectivity index (χ1v) is 9.63. The molecule has 1 N–H and O–H groups in total. The summed E-state index contributed by atoms with van der Waals surface area (Å²) in [7, 11) is 0. The second-order valence-electron chi connectivity index (χ2n) is 7.16. The van der Waals surface area contributed by atoms with Gasteiger partial charge in [0.1, 0.15) is 11.3 Å². The summed E-state index contributed by atoms with van der Waals surface area (Å²) in [6, 6.07) is 24.9. The Labute approximate surface area is 175 Å². The van der Waals surface area contributed by atoms with Crippen LogP contribution in [0.15, 0.2) is 90.8 Å². The van der Waals surface area contributed by atoms with Gasteiger partial charge in [0.25, 0.3) is 5.71 Å². The number of rotatable bonds is 4. The van der Waals surface area contributed by atoms with Crippen LogP contribution in [0.1, 0.15) is 22.3 Å². The largest absolute Gasteiger partial charge is 0.612 e.